The zero-order valence-electron chi connectivity index (χ0n) is 9.36. The third-order valence-electron chi connectivity index (χ3n) is 3.43. The van der Waals surface area contributed by atoms with Crippen molar-refractivity contribution in [1.29, 1.82) is 0 Å². The van der Waals surface area contributed by atoms with Gasteiger partial charge in [-0.2, -0.15) is 5.10 Å². The number of H-pyrrole nitrogens is 1. The monoisotopic (exact) mass is 231 g/mol. The highest BCUT2D eigenvalue weighted by molar-refractivity contribution is 5.28. The molecule has 1 saturated heterocycles. The first-order chi connectivity index (χ1) is 8.34. The van der Waals surface area contributed by atoms with E-state index in [1.54, 1.807) is 6.20 Å². The first-order valence-corrected chi connectivity index (χ1v) is 5.80. The summed E-state index contributed by atoms with van der Waals surface area (Å²) >= 11 is 0. The van der Waals surface area contributed by atoms with Crippen LogP contribution in [0.25, 0.3) is 0 Å². The van der Waals surface area contributed by atoms with E-state index in [1.165, 1.54) is 17.7 Å². The van der Waals surface area contributed by atoms with Gasteiger partial charge in [-0.25, -0.2) is 4.39 Å². The highest BCUT2D eigenvalue weighted by atomic mass is 19.1. The maximum atomic E-state index is 12.9. The summed E-state index contributed by atoms with van der Waals surface area (Å²) in [5.74, 6) is 0.594. The Kier molecular flexibility index (Phi) is 2.65. The molecule has 0 spiro atoms. The number of rotatable bonds is 2. The van der Waals surface area contributed by atoms with E-state index in [1.807, 2.05) is 18.2 Å². The lowest BCUT2D eigenvalue weighted by Gasteiger charge is -2.17. The number of nitrogens with one attached hydrogen (secondary N) is 2. The van der Waals surface area contributed by atoms with Crippen LogP contribution in [0.4, 0.5) is 4.39 Å². The largest absolute Gasteiger partial charge is 0.315 e. The van der Waals surface area contributed by atoms with Crippen LogP contribution in [0.5, 0.6) is 0 Å². The van der Waals surface area contributed by atoms with Crippen LogP contribution in [-0.2, 0) is 0 Å². The minimum absolute atomic E-state index is 0.183. The molecule has 1 fully saturated rings. The lowest BCUT2D eigenvalue weighted by Crippen LogP contribution is -2.09. The molecule has 17 heavy (non-hydrogen) atoms. The molecule has 88 valence electrons. The van der Waals surface area contributed by atoms with Crippen molar-refractivity contribution in [2.24, 2.45) is 0 Å². The van der Waals surface area contributed by atoms with E-state index in [4.69, 9.17) is 0 Å². The van der Waals surface area contributed by atoms with Gasteiger partial charge in [0.1, 0.15) is 5.82 Å². The molecule has 2 heterocycles. The van der Waals surface area contributed by atoms with E-state index < -0.39 is 0 Å². The summed E-state index contributed by atoms with van der Waals surface area (Å²) in [6.07, 6.45) is 1.77. The van der Waals surface area contributed by atoms with Crippen molar-refractivity contribution in [2.75, 3.05) is 13.1 Å². The Morgan fingerprint density at radius 1 is 1.06 bits per heavy atom. The van der Waals surface area contributed by atoms with Crippen LogP contribution in [0.3, 0.4) is 0 Å². The van der Waals surface area contributed by atoms with E-state index in [0.717, 1.165) is 18.8 Å². The molecule has 2 aromatic rings. The Bertz CT molecular complexity index is 478. The summed E-state index contributed by atoms with van der Waals surface area (Å²) in [6.45, 7) is 1.86. The zero-order chi connectivity index (χ0) is 11.7. The van der Waals surface area contributed by atoms with Crippen LogP contribution in [0.15, 0.2) is 36.5 Å². The van der Waals surface area contributed by atoms with Crippen LogP contribution in [0.2, 0.25) is 0 Å². The first kappa shape index (κ1) is 10.5. The summed E-state index contributed by atoms with van der Waals surface area (Å²) in [5.41, 5.74) is 2.32. The van der Waals surface area contributed by atoms with Gasteiger partial charge >= 0.3 is 0 Å². The number of benzene rings is 1. The van der Waals surface area contributed by atoms with Crippen molar-refractivity contribution in [3.63, 3.8) is 0 Å². The molecule has 0 amide bonds. The molecule has 1 aliphatic heterocycles. The second-order valence-corrected chi connectivity index (χ2v) is 4.43. The molecule has 0 aliphatic carbocycles. The van der Waals surface area contributed by atoms with Gasteiger partial charge in [-0.1, -0.05) is 12.1 Å². The lowest BCUT2D eigenvalue weighted by molar-refractivity contribution is 0.618. The molecule has 1 aliphatic rings. The van der Waals surface area contributed by atoms with Gasteiger partial charge in [-0.15, -0.1) is 0 Å². The molecule has 0 bridgehead atoms. The van der Waals surface area contributed by atoms with Crippen molar-refractivity contribution < 1.29 is 4.39 Å². The summed E-state index contributed by atoms with van der Waals surface area (Å²) < 4.78 is 12.9. The molecular weight excluding hydrogens is 217 g/mol. The van der Waals surface area contributed by atoms with E-state index in [0.29, 0.717) is 11.8 Å². The van der Waals surface area contributed by atoms with E-state index in [9.17, 15) is 4.39 Å². The Morgan fingerprint density at radius 2 is 1.82 bits per heavy atom. The molecular formula is C13H14FN3. The number of halogens is 1. The molecule has 4 heteroatoms. The van der Waals surface area contributed by atoms with Crippen molar-refractivity contribution >= 4 is 0 Å². The van der Waals surface area contributed by atoms with Gasteiger partial charge in [0.25, 0.3) is 0 Å². The number of aromatic amines is 1. The fourth-order valence-corrected chi connectivity index (χ4v) is 2.54. The summed E-state index contributed by atoms with van der Waals surface area (Å²) in [6, 6.07) is 8.80. The minimum Gasteiger partial charge on any atom is -0.315 e. The summed E-state index contributed by atoms with van der Waals surface area (Å²) in [7, 11) is 0. The van der Waals surface area contributed by atoms with Crippen molar-refractivity contribution in [2.45, 2.75) is 11.8 Å². The molecule has 2 atom stereocenters. The Morgan fingerprint density at radius 3 is 2.53 bits per heavy atom. The van der Waals surface area contributed by atoms with Crippen LogP contribution in [0, 0.1) is 5.82 Å². The molecule has 3 nitrogen and oxygen atoms in total. The van der Waals surface area contributed by atoms with Gasteiger partial charge in [0.15, 0.2) is 0 Å². The fraction of sp³-hybridized carbons (Fsp3) is 0.308. The normalized spacial score (nSPS) is 24.1. The Labute approximate surface area is 99.1 Å². The van der Waals surface area contributed by atoms with Gasteiger partial charge in [0.2, 0.25) is 0 Å². The number of aromatic nitrogens is 2. The maximum Gasteiger partial charge on any atom is 0.123 e. The maximum absolute atomic E-state index is 12.9. The molecule has 1 aromatic carbocycles. The molecule has 0 radical (unpaired) electrons. The van der Waals surface area contributed by atoms with E-state index in [2.05, 4.69) is 15.5 Å². The van der Waals surface area contributed by atoms with Crippen LogP contribution >= 0.6 is 0 Å². The van der Waals surface area contributed by atoms with Crippen LogP contribution in [-0.4, -0.2) is 23.3 Å². The minimum atomic E-state index is -0.183. The SMILES string of the molecule is Fc1ccc(C2CNCC2c2ccn[nH]2)cc1. The highest BCUT2D eigenvalue weighted by Crippen LogP contribution is 2.34. The van der Waals surface area contributed by atoms with Crippen LogP contribution < -0.4 is 5.32 Å². The lowest BCUT2D eigenvalue weighted by atomic mass is 9.87. The first-order valence-electron chi connectivity index (χ1n) is 5.80. The topological polar surface area (TPSA) is 40.7 Å². The Hall–Kier alpha value is -1.68. The third-order valence-corrected chi connectivity index (χ3v) is 3.43. The smallest absolute Gasteiger partial charge is 0.123 e. The van der Waals surface area contributed by atoms with E-state index >= 15 is 0 Å². The molecule has 2 N–H and O–H groups in total. The fourth-order valence-electron chi connectivity index (χ4n) is 2.54. The molecule has 1 aromatic heterocycles. The number of nitrogens with zero attached hydrogens (tertiary/aromatic N) is 1. The predicted molar refractivity (Wildman–Crippen MR) is 63.3 cm³/mol. The molecule has 0 saturated carbocycles. The van der Waals surface area contributed by atoms with Gasteiger partial charge in [0, 0.05) is 36.8 Å². The summed E-state index contributed by atoms with van der Waals surface area (Å²) in [4.78, 5) is 0. The van der Waals surface area contributed by atoms with Crippen molar-refractivity contribution in [3.8, 4) is 0 Å². The Balaban J connectivity index is 1.89. The van der Waals surface area contributed by atoms with Gasteiger partial charge in [-0.3, -0.25) is 5.10 Å². The highest BCUT2D eigenvalue weighted by Gasteiger charge is 2.30. The second-order valence-electron chi connectivity index (χ2n) is 4.43. The quantitative estimate of drug-likeness (QED) is 0.830. The van der Waals surface area contributed by atoms with Crippen molar-refractivity contribution in [1.82, 2.24) is 15.5 Å². The number of hydrogen-bond donors (Lipinski definition) is 2. The van der Waals surface area contributed by atoms with Gasteiger partial charge in [-0.05, 0) is 23.8 Å². The molecule has 2 unspecified atom stereocenters. The van der Waals surface area contributed by atoms with E-state index in [-0.39, 0.29) is 5.82 Å². The predicted octanol–water partition coefficient (Wildman–Crippen LogP) is 2.02. The van der Waals surface area contributed by atoms with Gasteiger partial charge < -0.3 is 5.32 Å². The standard InChI is InChI=1S/C13H14FN3/c14-10-3-1-9(2-4-10)11-7-15-8-12(11)13-5-6-16-17-13/h1-6,11-12,15H,7-8H2,(H,16,17). The average Bonchev–Trinajstić information content (AvgIpc) is 3.00. The zero-order valence-corrected chi connectivity index (χ0v) is 9.36. The van der Waals surface area contributed by atoms with Crippen molar-refractivity contribution in [3.05, 3.63) is 53.6 Å². The van der Waals surface area contributed by atoms with Crippen LogP contribution in [0.1, 0.15) is 23.1 Å². The average molecular weight is 231 g/mol. The third kappa shape index (κ3) is 1.96. The second kappa shape index (κ2) is 4.30. The molecule has 3 rings (SSSR count). The number of hydrogen-bond acceptors (Lipinski definition) is 2. The van der Waals surface area contributed by atoms with Gasteiger partial charge in [0.05, 0.1) is 0 Å². The summed E-state index contributed by atoms with van der Waals surface area (Å²) in [5, 5.41) is 10.4.